The van der Waals surface area contributed by atoms with E-state index in [1.807, 2.05) is 42.2 Å². The Morgan fingerprint density at radius 3 is 2.82 bits per heavy atom. The van der Waals surface area contributed by atoms with Gasteiger partial charge in [0.2, 0.25) is 0 Å². The van der Waals surface area contributed by atoms with Gasteiger partial charge in [0.25, 0.3) is 0 Å². The van der Waals surface area contributed by atoms with Gasteiger partial charge in [-0.1, -0.05) is 12.1 Å². The van der Waals surface area contributed by atoms with Crippen molar-refractivity contribution < 1.29 is 0 Å². The highest BCUT2D eigenvalue weighted by atomic mass is 15.1. The molecular formula is C13H12N4. The molecule has 0 fully saturated rings. The lowest BCUT2D eigenvalue weighted by molar-refractivity contribution is 0.930. The Morgan fingerprint density at radius 1 is 1.18 bits per heavy atom. The van der Waals surface area contributed by atoms with Gasteiger partial charge in [-0.3, -0.25) is 4.98 Å². The number of aromatic nitrogens is 3. The minimum atomic E-state index is 0.523. The number of fused-ring (bicyclic) bond motifs is 1. The third-order valence-electron chi connectivity index (χ3n) is 2.85. The van der Waals surface area contributed by atoms with Gasteiger partial charge in [-0.2, -0.15) is 0 Å². The summed E-state index contributed by atoms with van der Waals surface area (Å²) in [6, 6.07) is 8.16. The van der Waals surface area contributed by atoms with E-state index in [1.165, 1.54) is 0 Å². The standard InChI is InChI=1S/C13H12N4/c1-17-8-12(16-13(17)14)10-2-3-11-7-15-5-4-9(11)6-10/h2-8H,1H3,(H2,14,16). The van der Waals surface area contributed by atoms with Gasteiger partial charge in [-0.25, -0.2) is 4.98 Å². The van der Waals surface area contributed by atoms with E-state index in [-0.39, 0.29) is 0 Å². The second-order valence-corrected chi connectivity index (χ2v) is 4.03. The molecule has 1 aromatic carbocycles. The first-order chi connectivity index (χ1) is 8.24. The number of aryl methyl sites for hydroxylation is 1. The highest BCUT2D eigenvalue weighted by molar-refractivity contribution is 5.86. The number of anilines is 1. The molecule has 0 saturated heterocycles. The van der Waals surface area contributed by atoms with E-state index in [4.69, 9.17) is 5.73 Å². The Hall–Kier alpha value is -2.36. The molecule has 0 spiro atoms. The molecule has 4 heteroatoms. The van der Waals surface area contributed by atoms with Gasteiger partial charge in [0.05, 0.1) is 5.69 Å². The Bertz CT molecular complexity index is 665. The van der Waals surface area contributed by atoms with Gasteiger partial charge in [0.1, 0.15) is 0 Å². The van der Waals surface area contributed by atoms with Crippen LogP contribution in [0.25, 0.3) is 22.0 Å². The van der Waals surface area contributed by atoms with E-state index >= 15 is 0 Å². The molecule has 2 heterocycles. The monoisotopic (exact) mass is 224 g/mol. The van der Waals surface area contributed by atoms with Gasteiger partial charge in [0.15, 0.2) is 5.95 Å². The predicted molar refractivity (Wildman–Crippen MR) is 68.4 cm³/mol. The van der Waals surface area contributed by atoms with Crippen molar-refractivity contribution in [1.29, 1.82) is 0 Å². The van der Waals surface area contributed by atoms with Gasteiger partial charge in [-0.15, -0.1) is 0 Å². The fourth-order valence-corrected chi connectivity index (χ4v) is 1.86. The normalized spacial score (nSPS) is 10.9. The van der Waals surface area contributed by atoms with Crippen molar-refractivity contribution in [2.45, 2.75) is 0 Å². The molecule has 0 saturated carbocycles. The molecule has 0 radical (unpaired) electrons. The summed E-state index contributed by atoms with van der Waals surface area (Å²) in [7, 11) is 1.89. The third-order valence-corrected chi connectivity index (χ3v) is 2.85. The fourth-order valence-electron chi connectivity index (χ4n) is 1.86. The molecular weight excluding hydrogens is 212 g/mol. The summed E-state index contributed by atoms with van der Waals surface area (Å²) in [5.74, 6) is 0.523. The third kappa shape index (κ3) is 1.63. The van der Waals surface area contributed by atoms with Crippen LogP contribution in [0.3, 0.4) is 0 Å². The summed E-state index contributed by atoms with van der Waals surface area (Å²) in [6.07, 6.45) is 5.57. The minimum Gasteiger partial charge on any atom is -0.369 e. The topological polar surface area (TPSA) is 56.7 Å². The summed E-state index contributed by atoms with van der Waals surface area (Å²) >= 11 is 0. The van der Waals surface area contributed by atoms with Crippen LogP contribution in [0.2, 0.25) is 0 Å². The molecule has 0 aliphatic carbocycles. The quantitative estimate of drug-likeness (QED) is 0.689. The molecule has 3 aromatic rings. The van der Waals surface area contributed by atoms with E-state index < -0.39 is 0 Å². The van der Waals surface area contributed by atoms with Crippen molar-refractivity contribution in [3.63, 3.8) is 0 Å². The molecule has 2 aromatic heterocycles. The molecule has 4 nitrogen and oxygen atoms in total. The zero-order chi connectivity index (χ0) is 11.8. The number of rotatable bonds is 1. The maximum absolute atomic E-state index is 5.73. The molecule has 2 N–H and O–H groups in total. The summed E-state index contributed by atoms with van der Waals surface area (Å²) in [6.45, 7) is 0. The molecule has 0 amide bonds. The largest absolute Gasteiger partial charge is 0.369 e. The molecule has 3 rings (SSSR count). The lowest BCUT2D eigenvalue weighted by Gasteiger charge is -2.00. The number of hydrogen-bond acceptors (Lipinski definition) is 3. The Labute approximate surface area is 98.7 Å². The van der Waals surface area contributed by atoms with Gasteiger partial charge >= 0.3 is 0 Å². The second-order valence-electron chi connectivity index (χ2n) is 4.03. The highest BCUT2D eigenvalue weighted by Crippen LogP contribution is 2.23. The first-order valence-corrected chi connectivity index (χ1v) is 5.37. The average Bonchev–Trinajstić information content (AvgIpc) is 2.69. The van der Waals surface area contributed by atoms with Crippen LogP contribution < -0.4 is 5.73 Å². The van der Waals surface area contributed by atoms with Crippen LogP contribution in [0.15, 0.2) is 42.9 Å². The van der Waals surface area contributed by atoms with Crippen LogP contribution in [-0.2, 0) is 7.05 Å². The molecule has 0 atom stereocenters. The van der Waals surface area contributed by atoms with Crippen LogP contribution in [0.1, 0.15) is 0 Å². The molecule has 0 aliphatic heterocycles. The van der Waals surface area contributed by atoms with Gasteiger partial charge < -0.3 is 10.3 Å². The van der Waals surface area contributed by atoms with Crippen LogP contribution >= 0.6 is 0 Å². The van der Waals surface area contributed by atoms with Gasteiger partial charge in [-0.05, 0) is 17.5 Å². The van der Waals surface area contributed by atoms with Crippen molar-refractivity contribution in [2.24, 2.45) is 7.05 Å². The van der Waals surface area contributed by atoms with E-state index in [9.17, 15) is 0 Å². The average molecular weight is 224 g/mol. The number of pyridine rings is 1. The molecule has 17 heavy (non-hydrogen) atoms. The molecule has 84 valence electrons. The lowest BCUT2D eigenvalue weighted by atomic mass is 10.1. The first-order valence-electron chi connectivity index (χ1n) is 5.37. The zero-order valence-electron chi connectivity index (χ0n) is 9.46. The van der Waals surface area contributed by atoms with Crippen LogP contribution in [0, 0.1) is 0 Å². The van der Waals surface area contributed by atoms with Crippen LogP contribution in [0.4, 0.5) is 5.95 Å². The van der Waals surface area contributed by atoms with Crippen molar-refractivity contribution in [3.05, 3.63) is 42.9 Å². The Morgan fingerprint density at radius 2 is 2.06 bits per heavy atom. The number of nitrogens with two attached hydrogens (primary N) is 1. The van der Waals surface area contributed by atoms with E-state index in [2.05, 4.69) is 16.0 Å². The maximum Gasteiger partial charge on any atom is 0.200 e. The van der Waals surface area contributed by atoms with Crippen molar-refractivity contribution in [1.82, 2.24) is 14.5 Å². The van der Waals surface area contributed by atoms with E-state index in [1.54, 1.807) is 6.20 Å². The number of imidazole rings is 1. The highest BCUT2D eigenvalue weighted by Gasteiger charge is 2.05. The maximum atomic E-state index is 5.73. The molecule has 0 unspecified atom stereocenters. The number of hydrogen-bond donors (Lipinski definition) is 1. The van der Waals surface area contributed by atoms with Crippen molar-refractivity contribution in [2.75, 3.05) is 5.73 Å². The summed E-state index contributed by atoms with van der Waals surface area (Å²) in [5.41, 5.74) is 7.69. The predicted octanol–water partition coefficient (Wildman–Crippen LogP) is 2.22. The summed E-state index contributed by atoms with van der Waals surface area (Å²) in [5, 5.41) is 2.28. The SMILES string of the molecule is Cn1cc(-c2ccc3cnccc3c2)nc1N. The zero-order valence-corrected chi connectivity index (χ0v) is 9.46. The van der Waals surface area contributed by atoms with Crippen molar-refractivity contribution >= 4 is 16.7 Å². The Balaban J connectivity index is 2.17. The lowest BCUT2D eigenvalue weighted by Crippen LogP contribution is -1.94. The minimum absolute atomic E-state index is 0.523. The van der Waals surface area contributed by atoms with Crippen molar-refractivity contribution in [3.8, 4) is 11.3 Å². The fraction of sp³-hybridized carbons (Fsp3) is 0.0769. The van der Waals surface area contributed by atoms with Gasteiger partial charge in [0, 0.05) is 36.6 Å². The van der Waals surface area contributed by atoms with E-state index in [0.29, 0.717) is 5.95 Å². The number of nitrogen functional groups attached to an aromatic ring is 1. The molecule has 0 bridgehead atoms. The second kappa shape index (κ2) is 3.59. The van der Waals surface area contributed by atoms with Crippen LogP contribution in [-0.4, -0.2) is 14.5 Å². The summed E-state index contributed by atoms with van der Waals surface area (Å²) in [4.78, 5) is 8.41. The molecule has 0 aliphatic rings. The first kappa shape index (κ1) is 9.84. The smallest absolute Gasteiger partial charge is 0.200 e. The Kier molecular flexibility index (Phi) is 2.08. The summed E-state index contributed by atoms with van der Waals surface area (Å²) < 4.78 is 1.81. The van der Waals surface area contributed by atoms with E-state index in [0.717, 1.165) is 22.0 Å². The van der Waals surface area contributed by atoms with Crippen LogP contribution in [0.5, 0.6) is 0 Å². The number of benzene rings is 1. The number of nitrogens with zero attached hydrogens (tertiary/aromatic N) is 3.